The van der Waals surface area contributed by atoms with Gasteiger partial charge in [-0.05, 0) is 105 Å². The molecule has 0 fully saturated rings. The summed E-state index contributed by atoms with van der Waals surface area (Å²) in [4.78, 5) is 10.5. The molecule has 0 radical (unpaired) electrons. The highest BCUT2D eigenvalue weighted by atomic mass is 32.2. The van der Waals surface area contributed by atoms with Crippen LogP contribution in [0.5, 0.6) is 0 Å². The van der Waals surface area contributed by atoms with E-state index in [9.17, 15) is 70.2 Å². The van der Waals surface area contributed by atoms with E-state index in [0.717, 1.165) is 12.1 Å². The van der Waals surface area contributed by atoms with Crippen molar-refractivity contribution in [3.63, 3.8) is 0 Å². The molecule has 75 heavy (non-hydrogen) atoms. The third kappa shape index (κ3) is 13.1. The molecule has 6 rings (SSSR count). The number of aliphatic carboxylic acids is 1. The number of ether oxygens (including phenoxy) is 2. The van der Waals surface area contributed by atoms with Crippen LogP contribution in [0.1, 0.15) is 70.4 Å². The van der Waals surface area contributed by atoms with E-state index < -0.39 is 92.6 Å². The molecule has 1 unspecified atom stereocenters. The van der Waals surface area contributed by atoms with Crippen LogP contribution in [0.3, 0.4) is 0 Å². The first kappa shape index (κ1) is 59.0. The van der Waals surface area contributed by atoms with Crippen molar-refractivity contribution in [2.45, 2.75) is 89.7 Å². The van der Waals surface area contributed by atoms with E-state index in [0.29, 0.717) is 65.8 Å². The molecule has 0 bridgehead atoms. The van der Waals surface area contributed by atoms with Gasteiger partial charge < -0.3 is 19.5 Å². The van der Waals surface area contributed by atoms with Crippen LogP contribution >= 0.6 is 0 Å². The highest BCUT2D eigenvalue weighted by molar-refractivity contribution is 7.89. The van der Waals surface area contributed by atoms with Gasteiger partial charge >= 0.3 is 5.97 Å². The smallest absolute Gasteiger partial charge is 0.303 e. The lowest BCUT2D eigenvalue weighted by atomic mass is 9.75. The van der Waals surface area contributed by atoms with Crippen LogP contribution in [0.15, 0.2) is 116 Å². The Morgan fingerprint density at radius 3 is 1.87 bits per heavy atom. The number of unbranched alkanes of at least 4 members (excludes halogenated alkanes) is 2. The van der Waals surface area contributed by atoms with Crippen molar-refractivity contribution in [2.24, 2.45) is 0 Å². The van der Waals surface area contributed by atoms with Gasteiger partial charge in [-0.25, -0.2) is 13.1 Å². The fourth-order valence-corrected chi connectivity index (χ4v) is 13.7. The zero-order valence-corrected chi connectivity index (χ0v) is 45.7. The number of hydrogen-bond acceptors (Lipinski definition) is 14. The summed E-state index contributed by atoms with van der Waals surface area (Å²) in [5, 5.41) is 9.50. The summed E-state index contributed by atoms with van der Waals surface area (Å²) >= 11 is 0. The summed E-state index contributed by atoms with van der Waals surface area (Å²) in [6, 6.07) is 10.1. The number of allylic oxidation sites excluding steroid dienone is 8. The fraction of sp³-hybridized carbons (Fsp3) is 0.388. The summed E-state index contributed by atoms with van der Waals surface area (Å²) in [7, 11) is -21.0. The number of methoxy groups -OCH3 is 2. The Morgan fingerprint density at radius 2 is 1.27 bits per heavy atom. The van der Waals surface area contributed by atoms with Gasteiger partial charge in [-0.15, -0.1) is 0 Å². The van der Waals surface area contributed by atoms with Gasteiger partial charge in [0.05, 0.1) is 34.2 Å². The van der Waals surface area contributed by atoms with Gasteiger partial charge in [0.25, 0.3) is 40.5 Å². The maximum atomic E-state index is 13.6. The second-order valence-electron chi connectivity index (χ2n) is 18.7. The van der Waals surface area contributed by atoms with Gasteiger partial charge in [0.1, 0.15) is 16.3 Å². The molecule has 0 aliphatic carbocycles. The number of nitrogens with zero attached hydrogens (tertiary/aromatic N) is 2. The van der Waals surface area contributed by atoms with Crippen molar-refractivity contribution >= 4 is 95.1 Å². The fourth-order valence-electron chi connectivity index (χ4n) is 9.96. The average molecular weight is 1140 g/mol. The van der Waals surface area contributed by atoms with E-state index in [-0.39, 0.29) is 67.1 Å². The van der Waals surface area contributed by atoms with E-state index in [2.05, 4.69) is 4.72 Å². The summed E-state index contributed by atoms with van der Waals surface area (Å²) in [6.07, 6.45) is 13.5. The largest absolute Gasteiger partial charge is 0.481 e. The molecule has 2 aliphatic rings. The molecule has 1 atom stereocenters. The number of carbonyl (C=O) groups is 1. The number of rotatable bonds is 25. The lowest BCUT2D eigenvalue weighted by molar-refractivity contribution is -0.438. The Labute approximate surface area is 437 Å². The molecule has 408 valence electrons. The molecule has 0 amide bonds. The minimum atomic E-state index is -5.04. The lowest BCUT2D eigenvalue weighted by Gasteiger charge is -2.30. The van der Waals surface area contributed by atoms with Crippen LogP contribution in [0.4, 0.5) is 11.4 Å². The summed E-state index contributed by atoms with van der Waals surface area (Å²) in [5.41, 5.74) is 1.12. The first-order valence-electron chi connectivity index (χ1n) is 23.3. The quantitative estimate of drug-likeness (QED) is 0.0183. The molecular formula is C49H60N3O18S5+. The second-order valence-corrected chi connectivity index (χ2v) is 26.2. The minimum Gasteiger partial charge on any atom is -0.481 e. The molecule has 2 aliphatic heterocycles. The monoisotopic (exact) mass is 1140 g/mol. The van der Waals surface area contributed by atoms with Crippen molar-refractivity contribution in [2.75, 3.05) is 57.7 Å². The predicted molar refractivity (Wildman–Crippen MR) is 281 cm³/mol. The van der Waals surface area contributed by atoms with E-state index in [1.807, 2.05) is 29.4 Å². The van der Waals surface area contributed by atoms with E-state index in [1.54, 1.807) is 55.5 Å². The Balaban J connectivity index is 1.45. The number of sulfonamides is 1. The van der Waals surface area contributed by atoms with Gasteiger partial charge in [-0.1, -0.05) is 36.4 Å². The summed E-state index contributed by atoms with van der Waals surface area (Å²) < 4.78 is 182. The standard InChI is InChI=1S/C49H59N3O18S5/c1-48(2)43(51(24-13-9-12-17-45(53)54)39-20-18-35-37(46(39)48)30-34(73(60,61)62)32-42(35)75(66,67)68)15-10-7-6-8-11-16-44-49(3,22-14-28-71(55,56)57)47-38-29-33(72(58,59)50-23-26-69-4)31-41(74(63,64)65)36(38)19-21-40(47)52(44)25-27-70-5/h6-8,10-11,15-16,18-21,29-32,50H,9,12-14,17,22-28H2,1-5H3,(H4-,53,54,55,56,57,60,61,62,63,64,65,66,67,68)/p+1. The van der Waals surface area contributed by atoms with E-state index in [4.69, 9.17) is 9.47 Å². The normalized spacial score (nSPS) is 18.0. The Kier molecular flexibility index (Phi) is 17.9. The van der Waals surface area contributed by atoms with Crippen LogP contribution in [0, 0.1) is 0 Å². The predicted octanol–water partition coefficient (Wildman–Crippen LogP) is 6.32. The molecule has 6 N–H and O–H groups in total. The van der Waals surface area contributed by atoms with Crippen LogP contribution < -0.4 is 9.62 Å². The average Bonchev–Trinajstić information content (AvgIpc) is 3.67. The lowest BCUT2D eigenvalue weighted by Crippen LogP contribution is -2.31. The van der Waals surface area contributed by atoms with Crippen LogP contribution in [-0.4, -0.2) is 134 Å². The molecule has 26 heteroatoms. The molecular weight excluding hydrogens is 1080 g/mol. The third-order valence-electron chi connectivity index (χ3n) is 13.2. The van der Waals surface area contributed by atoms with Crippen LogP contribution in [-0.2, 0) is 75.6 Å². The van der Waals surface area contributed by atoms with Crippen molar-refractivity contribution in [1.82, 2.24) is 4.72 Å². The number of nitrogens with one attached hydrogen (secondary N) is 1. The van der Waals surface area contributed by atoms with Crippen molar-refractivity contribution in [1.29, 1.82) is 0 Å². The maximum Gasteiger partial charge on any atom is 0.303 e. The first-order valence-corrected chi connectivity index (χ1v) is 30.7. The molecule has 0 saturated heterocycles. The van der Waals surface area contributed by atoms with Gasteiger partial charge in [-0.2, -0.15) is 38.2 Å². The molecule has 4 aromatic carbocycles. The molecule has 0 aromatic heterocycles. The highest BCUT2D eigenvalue weighted by Crippen LogP contribution is 2.54. The van der Waals surface area contributed by atoms with Crippen molar-refractivity contribution < 1.29 is 84.3 Å². The Bertz CT molecular complexity index is 3660. The van der Waals surface area contributed by atoms with Crippen LogP contribution in [0.25, 0.3) is 21.5 Å². The number of carboxylic acid groups (broad SMARTS) is 1. The first-order chi connectivity index (χ1) is 34.9. The number of benzene rings is 4. The zero-order chi connectivity index (χ0) is 55.5. The summed E-state index contributed by atoms with van der Waals surface area (Å²) in [6.45, 7) is 6.07. The summed E-state index contributed by atoms with van der Waals surface area (Å²) in [5.74, 6) is -1.57. The van der Waals surface area contributed by atoms with Crippen molar-refractivity contribution in [3.8, 4) is 0 Å². The topological polar surface area (TPSA) is 326 Å². The second kappa shape index (κ2) is 22.8. The van der Waals surface area contributed by atoms with Gasteiger partial charge in [0.2, 0.25) is 15.7 Å². The van der Waals surface area contributed by atoms with Gasteiger partial charge in [0, 0.05) is 85.4 Å². The zero-order valence-electron chi connectivity index (χ0n) is 41.6. The number of hydrogen-bond donors (Lipinski definition) is 6. The van der Waals surface area contributed by atoms with Crippen LogP contribution in [0.2, 0.25) is 0 Å². The molecule has 2 heterocycles. The third-order valence-corrected chi connectivity index (χ3v) is 18.1. The van der Waals surface area contributed by atoms with Gasteiger partial charge in [-0.3, -0.25) is 23.0 Å². The molecule has 0 saturated carbocycles. The number of carboxylic acids is 1. The molecule has 0 spiro atoms. The number of anilines is 1. The molecule has 21 nitrogen and oxygen atoms in total. The SMILES string of the molecule is COCCNS(=O)(=O)c1cc(S(=O)(=O)O)c2ccc3c(c2c1)C(C)(CCCS(=O)(=O)O)C(=CC=CC=CC=CC1=[N+](CCCCCC(=O)O)c2ccc4c(S(=O)(=O)O)cc(S(=O)(=O)O)cc4c2C1(C)C)N3CCOC. The molecule has 4 aromatic rings. The van der Waals surface area contributed by atoms with E-state index in [1.165, 1.54) is 32.4 Å². The van der Waals surface area contributed by atoms with Crippen molar-refractivity contribution in [3.05, 3.63) is 108 Å². The van der Waals surface area contributed by atoms with Gasteiger partial charge in [0.15, 0.2) is 5.71 Å². The maximum absolute atomic E-state index is 13.6. The van der Waals surface area contributed by atoms with E-state index >= 15 is 0 Å². The number of fused-ring (bicyclic) bond motifs is 6. The Morgan fingerprint density at radius 1 is 0.680 bits per heavy atom. The Hall–Kier alpha value is -5.23. The minimum absolute atomic E-state index is 0.00235. The highest BCUT2D eigenvalue weighted by Gasteiger charge is 2.47.